The van der Waals surface area contributed by atoms with Gasteiger partial charge in [-0.25, -0.2) is 9.97 Å². The molecular formula is C12H17N5O2. The second-order valence-corrected chi connectivity index (χ2v) is 4.39. The standard InChI is InChI=1S/C12H17N5O2/c1-3-7-12(19)16-11(18)6-17(7)10-5-8(13)14-9(4-2)15-10/h5,7H,3-4,6H2,1-2H3,(H2,13,14,15)(H,16,18,19). The highest BCUT2D eigenvalue weighted by Crippen LogP contribution is 2.20. The minimum atomic E-state index is -0.406. The van der Waals surface area contributed by atoms with E-state index in [1.807, 2.05) is 13.8 Å². The molecule has 2 amide bonds. The molecule has 0 aromatic carbocycles. The van der Waals surface area contributed by atoms with E-state index in [1.54, 1.807) is 11.0 Å². The van der Waals surface area contributed by atoms with Gasteiger partial charge < -0.3 is 10.6 Å². The van der Waals surface area contributed by atoms with E-state index in [1.165, 1.54) is 0 Å². The van der Waals surface area contributed by atoms with Crippen LogP contribution in [0.5, 0.6) is 0 Å². The number of hydrogen-bond acceptors (Lipinski definition) is 6. The normalized spacial score (nSPS) is 19.5. The monoisotopic (exact) mass is 263 g/mol. The maximum atomic E-state index is 11.8. The van der Waals surface area contributed by atoms with Crippen LogP contribution in [0.1, 0.15) is 26.1 Å². The largest absolute Gasteiger partial charge is 0.384 e. The Hall–Kier alpha value is -2.18. The van der Waals surface area contributed by atoms with Crippen molar-refractivity contribution in [2.45, 2.75) is 32.7 Å². The van der Waals surface area contributed by atoms with Gasteiger partial charge in [-0.15, -0.1) is 0 Å². The van der Waals surface area contributed by atoms with Gasteiger partial charge in [0.25, 0.3) is 0 Å². The number of aryl methyl sites for hydroxylation is 1. The van der Waals surface area contributed by atoms with Gasteiger partial charge in [-0.1, -0.05) is 13.8 Å². The minimum absolute atomic E-state index is 0.101. The first-order valence-corrected chi connectivity index (χ1v) is 6.28. The Balaban J connectivity index is 2.39. The zero-order valence-corrected chi connectivity index (χ0v) is 11.0. The number of nitrogens with two attached hydrogens (primary N) is 1. The summed E-state index contributed by atoms with van der Waals surface area (Å²) in [6.45, 7) is 3.91. The lowest BCUT2D eigenvalue weighted by Crippen LogP contribution is -2.58. The number of imide groups is 1. The molecule has 1 fully saturated rings. The van der Waals surface area contributed by atoms with Gasteiger partial charge in [0.15, 0.2) is 0 Å². The molecular weight excluding hydrogens is 246 g/mol. The average molecular weight is 263 g/mol. The average Bonchev–Trinajstić information content (AvgIpc) is 2.37. The fraction of sp³-hybridized carbons (Fsp3) is 0.500. The van der Waals surface area contributed by atoms with Crippen LogP contribution in [0.4, 0.5) is 11.6 Å². The van der Waals surface area contributed by atoms with Crippen molar-refractivity contribution in [3.63, 3.8) is 0 Å². The molecule has 1 unspecified atom stereocenters. The highest BCUT2D eigenvalue weighted by Gasteiger charge is 2.33. The zero-order valence-electron chi connectivity index (χ0n) is 11.0. The fourth-order valence-corrected chi connectivity index (χ4v) is 2.12. The first-order chi connectivity index (χ1) is 9.05. The van der Waals surface area contributed by atoms with Crippen LogP contribution in [0.25, 0.3) is 0 Å². The van der Waals surface area contributed by atoms with Gasteiger partial charge in [-0.3, -0.25) is 14.9 Å². The Morgan fingerprint density at radius 3 is 2.79 bits per heavy atom. The van der Waals surface area contributed by atoms with E-state index in [4.69, 9.17) is 5.73 Å². The minimum Gasteiger partial charge on any atom is -0.384 e. The van der Waals surface area contributed by atoms with Crippen LogP contribution < -0.4 is 16.0 Å². The molecule has 1 saturated heterocycles. The second-order valence-electron chi connectivity index (χ2n) is 4.39. The molecule has 0 radical (unpaired) electrons. The Labute approximate surface area is 111 Å². The molecule has 1 atom stereocenters. The first kappa shape index (κ1) is 13.3. The van der Waals surface area contributed by atoms with E-state index in [2.05, 4.69) is 15.3 Å². The number of anilines is 2. The molecule has 1 aromatic rings. The van der Waals surface area contributed by atoms with Crippen LogP contribution in [-0.2, 0) is 16.0 Å². The summed E-state index contributed by atoms with van der Waals surface area (Å²) in [5.74, 6) is 0.844. The van der Waals surface area contributed by atoms with Crippen LogP contribution in [0.15, 0.2) is 6.07 Å². The third-order valence-corrected chi connectivity index (χ3v) is 3.03. The SMILES string of the molecule is CCc1nc(N)cc(N2CC(=O)NC(=O)C2CC)n1. The predicted molar refractivity (Wildman–Crippen MR) is 70.4 cm³/mol. The number of carbonyl (C=O) groups is 2. The molecule has 3 N–H and O–H groups in total. The van der Waals surface area contributed by atoms with Gasteiger partial charge in [-0.2, -0.15) is 0 Å². The molecule has 1 aromatic heterocycles. The number of nitrogen functional groups attached to an aromatic ring is 1. The van der Waals surface area contributed by atoms with E-state index in [0.717, 1.165) is 0 Å². The molecule has 0 spiro atoms. The van der Waals surface area contributed by atoms with E-state index in [9.17, 15) is 9.59 Å². The van der Waals surface area contributed by atoms with Crippen molar-refractivity contribution in [2.24, 2.45) is 0 Å². The van der Waals surface area contributed by atoms with Crippen LogP contribution in [0.2, 0.25) is 0 Å². The third-order valence-electron chi connectivity index (χ3n) is 3.03. The number of nitrogens with zero attached hydrogens (tertiary/aromatic N) is 3. The van der Waals surface area contributed by atoms with E-state index >= 15 is 0 Å². The summed E-state index contributed by atoms with van der Waals surface area (Å²) in [7, 11) is 0. The molecule has 102 valence electrons. The molecule has 7 nitrogen and oxygen atoms in total. The lowest BCUT2D eigenvalue weighted by molar-refractivity contribution is -0.132. The van der Waals surface area contributed by atoms with Crippen LogP contribution in [0, 0.1) is 0 Å². The lowest BCUT2D eigenvalue weighted by Gasteiger charge is -2.34. The van der Waals surface area contributed by atoms with E-state index in [0.29, 0.717) is 30.3 Å². The smallest absolute Gasteiger partial charge is 0.249 e. The summed E-state index contributed by atoms with van der Waals surface area (Å²) in [6.07, 6.45) is 1.23. The van der Waals surface area contributed by atoms with Crippen molar-refractivity contribution in [1.82, 2.24) is 15.3 Å². The number of piperazine rings is 1. The molecule has 2 rings (SSSR count). The topological polar surface area (TPSA) is 101 Å². The van der Waals surface area contributed by atoms with Crippen molar-refractivity contribution in [3.05, 3.63) is 11.9 Å². The Morgan fingerprint density at radius 2 is 2.16 bits per heavy atom. The van der Waals surface area contributed by atoms with Gasteiger partial charge in [0.05, 0.1) is 6.54 Å². The number of aromatic nitrogens is 2. The summed E-state index contributed by atoms with van der Waals surface area (Å²) in [6, 6.07) is 1.19. The number of carbonyl (C=O) groups excluding carboxylic acids is 2. The Morgan fingerprint density at radius 1 is 1.42 bits per heavy atom. The lowest BCUT2D eigenvalue weighted by atomic mass is 10.1. The predicted octanol–water partition coefficient (Wildman–Crippen LogP) is -0.137. The summed E-state index contributed by atoms with van der Waals surface area (Å²) in [5.41, 5.74) is 5.73. The van der Waals surface area contributed by atoms with Gasteiger partial charge in [-0.05, 0) is 6.42 Å². The van der Waals surface area contributed by atoms with Crippen LogP contribution in [-0.4, -0.2) is 34.4 Å². The van der Waals surface area contributed by atoms with Crippen molar-refractivity contribution >= 4 is 23.5 Å². The molecule has 0 aliphatic carbocycles. The summed E-state index contributed by atoms with van der Waals surface area (Å²) in [5, 5.41) is 2.33. The van der Waals surface area contributed by atoms with Gasteiger partial charge in [0.1, 0.15) is 23.5 Å². The molecule has 0 saturated carbocycles. The molecule has 0 bridgehead atoms. The number of rotatable bonds is 3. The van der Waals surface area contributed by atoms with Crippen molar-refractivity contribution < 1.29 is 9.59 Å². The Bertz CT molecular complexity index is 517. The van der Waals surface area contributed by atoms with E-state index in [-0.39, 0.29) is 18.4 Å². The molecule has 2 heterocycles. The number of amides is 2. The third kappa shape index (κ3) is 2.64. The van der Waals surface area contributed by atoms with Gasteiger partial charge >= 0.3 is 0 Å². The number of hydrogen-bond donors (Lipinski definition) is 2. The molecule has 19 heavy (non-hydrogen) atoms. The highest BCUT2D eigenvalue weighted by atomic mass is 16.2. The zero-order chi connectivity index (χ0) is 14.0. The van der Waals surface area contributed by atoms with Crippen molar-refractivity contribution in [2.75, 3.05) is 17.2 Å². The van der Waals surface area contributed by atoms with Gasteiger partial charge in [0, 0.05) is 12.5 Å². The summed E-state index contributed by atoms with van der Waals surface area (Å²) in [4.78, 5) is 33.4. The summed E-state index contributed by atoms with van der Waals surface area (Å²) >= 11 is 0. The molecule has 7 heteroatoms. The van der Waals surface area contributed by atoms with Crippen LogP contribution >= 0.6 is 0 Å². The molecule has 1 aliphatic heterocycles. The van der Waals surface area contributed by atoms with Crippen molar-refractivity contribution in [1.29, 1.82) is 0 Å². The fourth-order valence-electron chi connectivity index (χ4n) is 2.12. The molecule has 1 aliphatic rings. The number of nitrogens with one attached hydrogen (secondary N) is 1. The maximum Gasteiger partial charge on any atom is 0.249 e. The maximum absolute atomic E-state index is 11.8. The van der Waals surface area contributed by atoms with Gasteiger partial charge in [0.2, 0.25) is 11.8 Å². The Kier molecular flexibility index (Phi) is 3.64. The van der Waals surface area contributed by atoms with E-state index < -0.39 is 6.04 Å². The second kappa shape index (κ2) is 5.21. The van der Waals surface area contributed by atoms with Crippen molar-refractivity contribution in [3.8, 4) is 0 Å². The summed E-state index contributed by atoms with van der Waals surface area (Å²) < 4.78 is 0. The van der Waals surface area contributed by atoms with Crippen LogP contribution in [0.3, 0.4) is 0 Å². The highest BCUT2D eigenvalue weighted by molar-refractivity contribution is 6.04. The quantitative estimate of drug-likeness (QED) is 0.736. The first-order valence-electron chi connectivity index (χ1n) is 6.28.